The molecule has 0 saturated carbocycles. The summed E-state index contributed by atoms with van der Waals surface area (Å²) in [6.45, 7) is 7.03. The summed E-state index contributed by atoms with van der Waals surface area (Å²) in [6.07, 6.45) is 0.705. The lowest BCUT2D eigenvalue weighted by atomic mass is 10.1. The zero-order valence-corrected chi connectivity index (χ0v) is 22.4. The largest absolute Gasteiger partial charge is 0.486 e. The molecule has 0 fully saturated rings. The lowest BCUT2D eigenvalue weighted by molar-refractivity contribution is -0.139. The minimum Gasteiger partial charge on any atom is -0.486 e. The number of anilines is 1. The predicted octanol–water partition coefficient (Wildman–Crippen LogP) is 3.09. The quantitative estimate of drug-likeness (QED) is 0.474. The van der Waals surface area contributed by atoms with Crippen LogP contribution in [0.25, 0.3) is 0 Å². The summed E-state index contributed by atoms with van der Waals surface area (Å²) in [5, 5.41) is 2.87. The molecule has 2 aromatic carbocycles. The van der Waals surface area contributed by atoms with Crippen LogP contribution in [0.2, 0.25) is 0 Å². The second-order valence-electron chi connectivity index (χ2n) is 8.88. The van der Waals surface area contributed by atoms with Gasteiger partial charge >= 0.3 is 0 Å². The monoisotopic (exact) mass is 535 g/mol. The number of hydrogen-bond donors (Lipinski definition) is 1. The van der Waals surface area contributed by atoms with Crippen LogP contribution in [0.5, 0.6) is 11.5 Å². The summed E-state index contributed by atoms with van der Waals surface area (Å²) in [5.41, 5.74) is 0.847. The number of nitrogens with zero attached hydrogens (tertiary/aromatic N) is 2. The van der Waals surface area contributed by atoms with Gasteiger partial charge in [0.15, 0.2) is 11.5 Å². The molecule has 1 heterocycles. The maximum atomic E-state index is 13.7. The number of halogens is 1. The number of fused-ring (bicyclic) bond motifs is 1. The molecule has 37 heavy (non-hydrogen) atoms. The van der Waals surface area contributed by atoms with E-state index in [0.29, 0.717) is 36.7 Å². The van der Waals surface area contributed by atoms with Crippen molar-refractivity contribution in [1.82, 2.24) is 10.2 Å². The standard InChI is InChI=1S/C26H34FN3O6S/c1-5-18(3)28-26(32)19(4)29(16-20-7-9-21(27)10-8-20)25(31)17-30(37(33,34)6-2)22-11-12-23-24(15-22)36-14-13-35-23/h7-12,15,18-19H,5-6,13-14,16-17H2,1-4H3,(H,28,32)/t18-,19+/m1/s1. The number of carbonyl (C=O) groups excluding carboxylic acids is 2. The maximum absolute atomic E-state index is 13.7. The Morgan fingerprint density at radius 2 is 1.68 bits per heavy atom. The Morgan fingerprint density at radius 1 is 1.03 bits per heavy atom. The van der Waals surface area contributed by atoms with E-state index >= 15 is 0 Å². The Morgan fingerprint density at radius 3 is 2.30 bits per heavy atom. The van der Waals surface area contributed by atoms with Crippen molar-refractivity contribution >= 4 is 27.5 Å². The Kier molecular flexibility index (Phi) is 9.36. The van der Waals surface area contributed by atoms with Gasteiger partial charge in [-0.2, -0.15) is 0 Å². The highest BCUT2D eigenvalue weighted by Gasteiger charge is 2.32. The minimum absolute atomic E-state index is 0.00461. The van der Waals surface area contributed by atoms with Gasteiger partial charge < -0.3 is 19.7 Å². The van der Waals surface area contributed by atoms with Gasteiger partial charge in [0, 0.05) is 18.7 Å². The van der Waals surface area contributed by atoms with Crippen LogP contribution in [-0.2, 0) is 26.2 Å². The predicted molar refractivity (Wildman–Crippen MR) is 139 cm³/mol. The summed E-state index contributed by atoms with van der Waals surface area (Å²) in [6, 6.07) is 9.26. The van der Waals surface area contributed by atoms with E-state index in [2.05, 4.69) is 5.32 Å². The molecule has 2 aromatic rings. The molecule has 1 N–H and O–H groups in total. The molecule has 0 spiro atoms. The van der Waals surface area contributed by atoms with Gasteiger partial charge in [-0.3, -0.25) is 13.9 Å². The fourth-order valence-electron chi connectivity index (χ4n) is 3.74. The molecule has 0 aliphatic carbocycles. The van der Waals surface area contributed by atoms with Crippen molar-refractivity contribution in [3.8, 4) is 11.5 Å². The van der Waals surface area contributed by atoms with Crippen LogP contribution in [0.15, 0.2) is 42.5 Å². The molecule has 0 radical (unpaired) electrons. The topological polar surface area (TPSA) is 105 Å². The van der Waals surface area contributed by atoms with Gasteiger partial charge in [0.2, 0.25) is 21.8 Å². The number of carbonyl (C=O) groups is 2. The van der Waals surface area contributed by atoms with Crippen LogP contribution in [0.3, 0.4) is 0 Å². The van der Waals surface area contributed by atoms with E-state index in [4.69, 9.17) is 9.47 Å². The second-order valence-corrected chi connectivity index (χ2v) is 11.1. The van der Waals surface area contributed by atoms with E-state index in [0.717, 1.165) is 4.31 Å². The highest BCUT2D eigenvalue weighted by Crippen LogP contribution is 2.35. The summed E-state index contributed by atoms with van der Waals surface area (Å²) in [5.74, 6) is -0.739. The van der Waals surface area contributed by atoms with Gasteiger partial charge in [0.05, 0.1) is 11.4 Å². The van der Waals surface area contributed by atoms with Crippen LogP contribution in [0, 0.1) is 5.82 Å². The van der Waals surface area contributed by atoms with Crippen LogP contribution >= 0.6 is 0 Å². The van der Waals surface area contributed by atoms with Gasteiger partial charge in [0.1, 0.15) is 31.6 Å². The van der Waals surface area contributed by atoms with Crippen LogP contribution < -0.4 is 19.1 Å². The molecule has 0 unspecified atom stereocenters. The van der Waals surface area contributed by atoms with Crippen LogP contribution in [0.1, 0.15) is 39.7 Å². The summed E-state index contributed by atoms with van der Waals surface area (Å²) in [7, 11) is -3.88. The molecule has 202 valence electrons. The van der Waals surface area contributed by atoms with E-state index in [1.54, 1.807) is 19.1 Å². The summed E-state index contributed by atoms with van der Waals surface area (Å²) < 4.78 is 51.7. The molecular weight excluding hydrogens is 501 g/mol. The third kappa shape index (κ3) is 7.12. The fourth-order valence-corrected chi connectivity index (χ4v) is 4.80. The molecule has 0 saturated heterocycles. The molecule has 1 aliphatic rings. The van der Waals surface area contributed by atoms with E-state index < -0.39 is 34.3 Å². The van der Waals surface area contributed by atoms with Gasteiger partial charge in [-0.25, -0.2) is 12.8 Å². The zero-order valence-electron chi connectivity index (χ0n) is 21.6. The summed E-state index contributed by atoms with van der Waals surface area (Å²) in [4.78, 5) is 27.9. The average Bonchev–Trinajstić information content (AvgIpc) is 2.90. The first-order chi connectivity index (χ1) is 17.6. The fraction of sp³-hybridized carbons (Fsp3) is 0.462. The van der Waals surface area contributed by atoms with E-state index in [9.17, 15) is 22.4 Å². The molecule has 2 atom stereocenters. The van der Waals surface area contributed by atoms with Crippen LogP contribution in [-0.4, -0.2) is 62.7 Å². The van der Waals surface area contributed by atoms with E-state index in [1.807, 2.05) is 13.8 Å². The SMILES string of the molecule is CC[C@@H](C)NC(=O)[C@H](C)N(Cc1ccc(F)cc1)C(=O)CN(c1ccc2c(c1)OCCO2)S(=O)(=O)CC. The Labute approximate surface area is 217 Å². The van der Waals surface area contributed by atoms with Crippen molar-refractivity contribution in [2.75, 3.05) is 29.8 Å². The van der Waals surface area contributed by atoms with Crippen molar-refractivity contribution < 1.29 is 31.9 Å². The first-order valence-corrected chi connectivity index (χ1v) is 13.9. The van der Waals surface area contributed by atoms with Crippen molar-refractivity contribution in [3.63, 3.8) is 0 Å². The molecular formula is C26H34FN3O6S. The number of ether oxygens (including phenoxy) is 2. The molecule has 2 amide bonds. The van der Waals surface area contributed by atoms with E-state index in [-0.39, 0.29) is 29.9 Å². The molecule has 9 nitrogen and oxygen atoms in total. The number of benzene rings is 2. The number of nitrogens with one attached hydrogen (secondary N) is 1. The minimum atomic E-state index is -3.88. The average molecular weight is 536 g/mol. The third-order valence-electron chi connectivity index (χ3n) is 6.23. The number of hydrogen-bond acceptors (Lipinski definition) is 6. The molecule has 0 bridgehead atoms. The Hall–Kier alpha value is -3.34. The van der Waals surface area contributed by atoms with Gasteiger partial charge in [-0.05, 0) is 57.0 Å². The van der Waals surface area contributed by atoms with Gasteiger partial charge in [-0.15, -0.1) is 0 Å². The zero-order chi connectivity index (χ0) is 27.2. The molecule has 1 aliphatic heterocycles. The lowest BCUT2D eigenvalue weighted by Gasteiger charge is -2.32. The second kappa shape index (κ2) is 12.3. The van der Waals surface area contributed by atoms with Crippen molar-refractivity contribution in [2.24, 2.45) is 0 Å². The van der Waals surface area contributed by atoms with Gasteiger partial charge in [0.25, 0.3) is 0 Å². The number of amides is 2. The number of sulfonamides is 1. The molecule has 0 aromatic heterocycles. The summed E-state index contributed by atoms with van der Waals surface area (Å²) >= 11 is 0. The Bertz CT molecular complexity index is 1210. The molecule has 3 rings (SSSR count). The van der Waals surface area contributed by atoms with Crippen molar-refractivity contribution in [1.29, 1.82) is 0 Å². The normalized spacial score (nSPS) is 14.4. The van der Waals surface area contributed by atoms with Crippen LogP contribution in [0.4, 0.5) is 10.1 Å². The third-order valence-corrected chi connectivity index (χ3v) is 7.97. The first-order valence-electron chi connectivity index (χ1n) is 12.3. The number of rotatable bonds is 11. The maximum Gasteiger partial charge on any atom is 0.244 e. The van der Waals surface area contributed by atoms with E-state index in [1.165, 1.54) is 42.2 Å². The Balaban J connectivity index is 1.94. The van der Waals surface area contributed by atoms with Crippen molar-refractivity contribution in [3.05, 3.63) is 53.8 Å². The van der Waals surface area contributed by atoms with Gasteiger partial charge in [-0.1, -0.05) is 19.1 Å². The lowest BCUT2D eigenvalue weighted by Crippen LogP contribution is -2.52. The smallest absolute Gasteiger partial charge is 0.244 e. The highest BCUT2D eigenvalue weighted by atomic mass is 32.2. The molecule has 11 heteroatoms. The van der Waals surface area contributed by atoms with Crippen molar-refractivity contribution in [2.45, 2.75) is 52.7 Å². The first kappa shape index (κ1) is 28.2. The highest BCUT2D eigenvalue weighted by molar-refractivity contribution is 7.92.